The second kappa shape index (κ2) is 6.11. The largest absolute Gasteiger partial charge is 0.481 e. The number of carboxylic acid groups (broad SMARTS) is 1. The average molecular weight is 316 g/mol. The van der Waals surface area contributed by atoms with Crippen molar-refractivity contribution >= 4 is 5.97 Å². The molecule has 1 aliphatic rings. The highest BCUT2D eigenvalue weighted by atomic mass is 19.1. The molecule has 1 N–H and O–H groups in total. The second-order valence-electron chi connectivity index (χ2n) is 6.12. The zero-order valence-electron chi connectivity index (χ0n) is 12.7. The van der Waals surface area contributed by atoms with Crippen LogP contribution in [0.25, 0.3) is 11.1 Å². The smallest absolute Gasteiger partial charge is 0.314 e. The normalized spacial score (nSPS) is 17.0. The molecule has 1 fully saturated rings. The number of carboxylic acids is 1. The fourth-order valence-electron chi connectivity index (χ4n) is 3.49. The van der Waals surface area contributed by atoms with Crippen molar-refractivity contribution in [3.63, 3.8) is 0 Å². The Bertz CT molecular complexity index is 734. The summed E-state index contributed by atoms with van der Waals surface area (Å²) in [6.45, 7) is 0. The van der Waals surface area contributed by atoms with E-state index in [4.69, 9.17) is 0 Å². The van der Waals surface area contributed by atoms with Crippen LogP contribution in [0.3, 0.4) is 0 Å². The van der Waals surface area contributed by atoms with Crippen molar-refractivity contribution in [2.45, 2.75) is 37.5 Å². The number of rotatable bonds is 3. The molecule has 0 amide bonds. The van der Waals surface area contributed by atoms with E-state index in [1.807, 2.05) is 0 Å². The van der Waals surface area contributed by atoms with E-state index in [1.165, 1.54) is 30.3 Å². The first-order valence-corrected chi connectivity index (χ1v) is 7.83. The second-order valence-corrected chi connectivity index (χ2v) is 6.12. The summed E-state index contributed by atoms with van der Waals surface area (Å²) >= 11 is 0. The lowest BCUT2D eigenvalue weighted by atomic mass is 9.69. The van der Waals surface area contributed by atoms with Gasteiger partial charge in [0.15, 0.2) is 0 Å². The van der Waals surface area contributed by atoms with Crippen molar-refractivity contribution < 1.29 is 18.7 Å². The molecule has 0 aromatic heterocycles. The molecule has 4 heteroatoms. The zero-order valence-corrected chi connectivity index (χ0v) is 12.7. The van der Waals surface area contributed by atoms with Crippen LogP contribution in [-0.2, 0) is 10.2 Å². The summed E-state index contributed by atoms with van der Waals surface area (Å²) in [7, 11) is 0. The molecule has 120 valence electrons. The molecule has 0 aliphatic heterocycles. The van der Waals surface area contributed by atoms with Gasteiger partial charge >= 0.3 is 5.97 Å². The van der Waals surface area contributed by atoms with Crippen molar-refractivity contribution in [2.75, 3.05) is 0 Å². The molecule has 2 aromatic carbocycles. The van der Waals surface area contributed by atoms with Crippen LogP contribution in [-0.4, -0.2) is 11.1 Å². The van der Waals surface area contributed by atoms with E-state index in [0.29, 0.717) is 18.4 Å². The summed E-state index contributed by atoms with van der Waals surface area (Å²) in [5.74, 6) is -1.95. The summed E-state index contributed by atoms with van der Waals surface area (Å²) < 4.78 is 28.2. The maximum Gasteiger partial charge on any atom is 0.314 e. The summed E-state index contributed by atoms with van der Waals surface area (Å²) in [5.41, 5.74) is -0.161. The van der Waals surface area contributed by atoms with Crippen LogP contribution in [0.1, 0.15) is 37.7 Å². The summed E-state index contributed by atoms with van der Waals surface area (Å²) in [6.07, 6.45) is 3.74. The number of carbonyl (C=O) groups is 1. The third kappa shape index (κ3) is 2.74. The third-order valence-electron chi connectivity index (χ3n) is 4.80. The van der Waals surface area contributed by atoms with E-state index >= 15 is 0 Å². The van der Waals surface area contributed by atoms with Gasteiger partial charge in [0.05, 0.1) is 5.41 Å². The first-order valence-electron chi connectivity index (χ1n) is 7.83. The standard InChI is InChI=1S/C19H18F2O2/c20-16-7-3-2-6-14(16)15-12-13(8-9-17(15)21)19(18(22)23)10-4-1-5-11-19/h2-3,6-9,12H,1,4-5,10-11H2,(H,22,23). The van der Waals surface area contributed by atoms with Gasteiger partial charge in [-0.25, -0.2) is 8.78 Å². The lowest BCUT2D eigenvalue weighted by molar-refractivity contribution is -0.145. The highest BCUT2D eigenvalue weighted by molar-refractivity contribution is 5.82. The predicted molar refractivity (Wildman–Crippen MR) is 84.2 cm³/mol. The van der Waals surface area contributed by atoms with Gasteiger partial charge in [0.2, 0.25) is 0 Å². The van der Waals surface area contributed by atoms with Crippen molar-refractivity contribution in [3.8, 4) is 11.1 Å². The fraction of sp³-hybridized carbons (Fsp3) is 0.316. The van der Waals surface area contributed by atoms with Crippen LogP contribution >= 0.6 is 0 Å². The van der Waals surface area contributed by atoms with Crippen LogP contribution in [0.4, 0.5) is 8.78 Å². The van der Waals surface area contributed by atoms with E-state index in [1.54, 1.807) is 12.1 Å². The molecule has 0 radical (unpaired) electrons. The van der Waals surface area contributed by atoms with E-state index in [-0.39, 0.29) is 11.1 Å². The molecular weight excluding hydrogens is 298 g/mol. The van der Waals surface area contributed by atoms with Crippen molar-refractivity contribution in [1.82, 2.24) is 0 Å². The molecule has 0 saturated heterocycles. The fourth-order valence-corrected chi connectivity index (χ4v) is 3.49. The Hall–Kier alpha value is -2.23. The van der Waals surface area contributed by atoms with E-state index < -0.39 is 23.0 Å². The molecule has 0 heterocycles. The van der Waals surface area contributed by atoms with Crippen molar-refractivity contribution in [3.05, 3.63) is 59.7 Å². The van der Waals surface area contributed by atoms with Crippen LogP contribution in [0, 0.1) is 11.6 Å². The number of hydrogen-bond donors (Lipinski definition) is 1. The molecule has 0 atom stereocenters. The SMILES string of the molecule is O=C(O)C1(c2ccc(F)c(-c3ccccc3F)c2)CCCCC1. The van der Waals surface area contributed by atoms with Crippen molar-refractivity contribution in [2.24, 2.45) is 0 Å². The van der Waals surface area contributed by atoms with Gasteiger partial charge in [-0.15, -0.1) is 0 Å². The Kier molecular flexibility index (Phi) is 4.16. The van der Waals surface area contributed by atoms with Gasteiger partial charge in [0, 0.05) is 11.1 Å². The molecule has 23 heavy (non-hydrogen) atoms. The highest BCUT2D eigenvalue weighted by Gasteiger charge is 2.41. The lowest BCUT2D eigenvalue weighted by Crippen LogP contribution is -2.37. The van der Waals surface area contributed by atoms with Crippen molar-refractivity contribution in [1.29, 1.82) is 0 Å². The molecule has 1 aliphatic carbocycles. The van der Waals surface area contributed by atoms with E-state index in [0.717, 1.165) is 19.3 Å². The van der Waals surface area contributed by atoms with Gasteiger partial charge in [-0.1, -0.05) is 43.5 Å². The summed E-state index contributed by atoms with van der Waals surface area (Å²) in [4.78, 5) is 11.9. The molecule has 2 aromatic rings. The van der Waals surface area contributed by atoms with Crippen LogP contribution in [0.15, 0.2) is 42.5 Å². The molecule has 3 rings (SSSR count). The molecule has 0 unspecified atom stereocenters. The lowest BCUT2D eigenvalue weighted by Gasteiger charge is -2.34. The molecule has 0 bridgehead atoms. The highest BCUT2D eigenvalue weighted by Crippen LogP contribution is 2.41. The number of aliphatic carboxylic acids is 1. The van der Waals surface area contributed by atoms with Gasteiger partial charge in [-0.3, -0.25) is 4.79 Å². The monoisotopic (exact) mass is 316 g/mol. The first-order chi connectivity index (χ1) is 11.0. The van der Waals surface area contributed by atoms with Crippen LogP contribution in [0.5, 0.6) is 0 Å². The van der Waals surface area contributed by atoms with Gasteiger partial charge < -0.3 is 5.11 Å². The third-order valence-corrected chi connectivity index (χ3v) is 4.80. The number of halogens is 2. The minimum absolute atomic E-state index is 0.117. The van der Waals surface area contributed by atoms with Gasteiger partial charge in [-0.05, 0) is 36.6 Å². The Morgan fingerprint density at radius 1 is 0.913 bits per heavy atom. The van der Waals surface area contributed by atoms with Gasteiger partial charge in [0.25, 0.3) is 0 Å². The maximum atomic E-state index is 14.2. The van der Waals surface area contributed by atoms with Crippen LogP contribution in [0.2, 0.25) is 0 Å². The molecule has 1 saturated carbocycles. The quantitative estimate of drug-likeness (QED) is 0.873. The van der Waals surface area contributed by atoms with E-state index in [9.17, 15) is 18.7 Å². The maximum absolute atomic E-state index is 14.2. The molecule has 2 nitrogen and oxygen atoms in total. The van der Waals surface area contributed by atoms with Crippen LogP contribution < -0.4 is 0 Å². The average Bonchev–Trinajstić information content (AvgIpc) is 2.56. The number of hydrogen-bond acceptors (Lipinski definition) is 1. The number of benzene rings is 2. The zero-order chi connectivity index (χ0) is 16.4. The van der Waals surface area contributed by atoms with E-state index in [2.05, 4.69) is 0 Å². The summed E-state index contributed by atoms with van der Waals surface area (Å²) in [6, 6.07) is 10.2. The molecule has 0 spiro atoms. The molecular formula is C19H18F2O2. The van der Waals surface area contributed by atoms with Gasteiger partial charge in [0.1, 0.15) is 11.6 Å². The van der Waals surface area contributed by atoms with Gasteiger partial charge in [-0.2, -0.15) is 0 Å². The Morgan fingerprint density at radius 3 is 2.22 bits per heavy atom. The Balaban J connectivity index is 2.13. The minimum Gasteiger partial charge on any atom is -0.481 e. The Labute approximate surface area is 133 Å². The summed E-state index contributed by atoms with van der Waals surface area (Å²) in [5, 5.41) is 9.76. The Morgan fingerprint density at radius 2 is 1.57 bits per heavy atom. The predicted octanol–water partition coefficient (Wildman–Crippen LogP) is 4.92. The first kappa shape index (κ1) is 15.7. The minimum atomic E-state index is -0.994. The topological polar surface area (TPSA) is 37.3 Å².